The molecule has 1 aliphatic rings. The third kappa shape index (κ3) is 2.20. The molecule has 114 valence electrons. The summed E-state index contributed by atoms with van der Waals surface area (Å²) >= 11 is 0. The summed E-state index contributed by atoms with van der Waals surface area (Å²) in [5.41, 5.74) is 6.34. The Bertz CT molecular complexity index is 870. The molecule has 3 rings (SSSR count). The molecule has 4 nitrogen and oxygen atoms in total. The highest BCUT2D eigenvalue weighted by molar-refractivity contribution is 5.89. The van der Waals surface area contributed by atoms with Gasteiger partial charge in [-0.25, -0.2) is 0 Å². The second-order valence-corrected chi connectivity index (χ2v) is 6.02. The Labute approximate surface area is 136 Å². The Morgan fingerprint density at radius 3 is 2.35 bits per heavy atom. The third-order valence-corrected chi connectivity index (χ3v) is 4.51. The monoisotopic (exact) mass is 302 g/mol. The van der Waals surface area contributed by atoms with E-state index >= 15 is 0 Å². The van der Waals surface area contributed by atoms with Gasteiger partial charge in [0.1, 0.15) is 12.2 Å². The maximum absolute atomic E-state index is 9.57. The average molecular weight is 302 g/mol. The number of nitrogens with zero attached hydrogens (tertiary/aromatic N) is 4. The zero-order valence-corrected chi connectivity index (χ0v) is 13.8. The van der Waals surface area contributed by atoms with Gasteiger partial charge in [-0.1, -0.05) is 17.7 Å². The molecule has 0 amide bonds. The first kappa shape index (κ1) is 14.9. The highest BCUT2D eigenvalue weighted by Gasteiger charge is 2.35. The van der Waals surface area contributed by atoms with Gasteiger partial charge in [0.15, 0.2) is 0 Å². The molecular formula is C19H18N4. The summed E-state index contributed by atoms with van der Waals surface area (Å²) in [4.78, 5) is 4.29. The standard InChI is InChI=1S/C19H18N4/c1-12-5-6-17(13(2)7-12)23-14(3)22(4)18-9-15(10-20)8-16(11-21)19(18)23/h5-9,14H,1-4H3/t14-/m0/s1. The van der Waals surface area contributed by atoms with E-state index in [0.29, 0.717) is 11.1 Å². The van der Waals surface area contributed by atoms with Crippen molar-refractivity contribution in [2.24, 2.45) is 0 Å². The molecule has 0 aromatic heterocycles. The van der Waals surface area contributed by atoms with E-state index in [-0.39, 0.29) is 6.17 Å². The van der Waals surface area contributed by atoms with Gasteiger partial charge in [0.2, 0.25) is 0 Å². The average Bonchev–Trinajstić information content (AvgIpc) is 2.79. The molecule has 0 bridgehead atoms. The van der Waals surface area contributed by atoms with Crippen LogP contribution in [0.5, 0.6) is 0 Å². The lowest BCUT2D eigenvalue weighted by Gasteiger charge is -2.29. The molecule has 1 heterocycles. The van der Waals surface area contributed by atoms with Crippen molar-refractivity contribution in [2.75, 3.05) is 16.8 Å². The van der Waals surface area contributed by atoms with Crippen molar-refractivity contribution < 1.29 is 0 Å². The van der Waals surface area contributed by atoms with Crippen LogP contribution >= 0.6 is 0 Å². The largest absolute Gasteiger partial charge is 0.352 e. The summed E-state index contributed by atoms with van der Waals surface area (Å²) < 4.78 is 0. The van der Waals surface area contributed by atoms with E-state index < -0.39 is 0 Å². The van der Waals surface area contributed by atoms with Crippen LogP contribution in [0.1, 0.15) is 29.2 Å². The summed E-state index contributed by atoms with van der Waals surface area (Å²) in [7, 11) is 2.00. The van der Waals surface area contributed by atoms with E-state index in [1.807, 2.05) is 13.1 Å². The van der Waals surface area contributed by atoms with E-state index in [1.165, 1.54) is 11.1 Å². The number of benzene rings is 2. The molecule has 23 heavy (non-hydrogen) atoms. The van der Waals surface area contributed by atoms with E-state index in [9.17, 15) is 10.5 Å². The predicted octanol–water partition coefficient (Wildman–Crippen LogP) is 3.98. The minimum absolute atomic E-state index is 0.0763. The number of hydrogen-bond donors (Lipinski definition) is 0. The Morgan fingerprint density at radius 2 is 1.74 bits per heavy atom. The first-order valence-corrected chi connectivity index (χ1v) is 7.55. The van der Waals surface area contributed by atoms with E-state index in [4.69, 9.17) is 0 Å². The SMILES string of the molecule is Cc1ccc(N2c3c(C#N)cc(C#N)cc3N(C)[C@@H]2C)c(C)c1. The molecule has 0 spiro atoms. The first-order chi connectivity index (χ1) is 11.0. The Kier molecular flexibility index (Phi) is 3.47. The van der Waals surface area contributed by atoms with Crippen LogP contribution in [0, 0.1) is 36.5 Å². The second-order valence-electron chi connectivity index (χ2n) is 6.02. The van der Waals surface area contributed by atoms with Gasteiger partial charge < -0.3 is 9.80 Å². The smallest absolute Gasteiger partial charge is 0.103 e. The maximum Gasteiger partial charge on any atom is 0.103 e. The summed E-state index contributed by atoms with van der Waals surface area (Å²) in [6.45, 7) is 6.26. The van der Waals surface area contributed by atoms with Crippen LogP contribution in [0.25, 0.3) is 0 Å². The van der Waals surface area contributed by atoms with Crippen molar-refractivity contribution in [1.82, 2.24) is 0 Å². The summed E-state index contributed by atoms with van der Waals surface area (Å²) in [6.07, 6.45) is 0.0763. The van der Waals surface area contributed by atoms with Crippen molar-refractivity contribution >= 4 is 17.1 Å². The molecule has 2 aromatic rings. The number of fused-ring (bicyclic) bond motifs is 1. The van der Waals surface area contributed by atoms with E-state index in [0.717, 1.165) is 17.1 Å². The van der Waals surface area contributed by atoms with Crippen molar-refractivity contribution in [1.29, 1.82) is 10.5 Å². The van der Waals surface area contributed by atoms with E-state index in [2.05, 4.69) is 60.9 Å². The highest BCUT2D eigenvalue weighted by Crippen LogP contribution is 2.46. The lowest BCUT2D eigenvalue weighted by Crippen LogP contribution is -2.36. The van der Waals surface area contributed by atoms with Gasteiger partial charge in [-0.3, -0.25) is 0 Å². The van der Waals surface area contributed by atoms with Crippen LogP contribution in [0.4, 0.5) is 17.1 Å². The lowest BCUT2D eigenvalue weighted by molar-refractivity contribution is 0.732. The van der Waals surface area contributed by atoms with Crippen molar-refractivity contribution in [2.45, 2.75) is 26.9 Å². The molecule has 0 unspecified atom stereocenters. The third-order valence-electron chi connectivity index (χ3n) is 4.51. The quantitative estimate of drug-likeness (QED) is 0.799. The van der Waals surface area contributed by atoms with Crippen LogP contribution in [0.3, 0.4) is 0 Å². The van der Waals surface area contributed by atoms with Gasteiger partial charge in [-0.2, -0.15) is 10.5 Å². The molecule has 0 aliphatic carbocycles. The normalized spacial score (nSPS) is 16.0. The molecule has 0 radical (unpaired) electrons. The Balaban J connectivity index is 2.27. The highest BCUT2D eigenvalue weighted by atomic mass is 15.4. The van der Waals surface area contributed by atoms with Gasteiger partial charge >= 0.3 is 0 Å². The fourth-order valence-electron chi connectivity index (χ4n) is 3.25. The van der Waals surface area contributed by atoms with Crippen LogP contribution in [-0.2, 0) is 0 Å². The molecule has 4 heteroatoms. The number of aryl methyl sites for hydroxylation is 2. The van der Waals surface area contributed by atoms with Crippen molar-refractivity contribution in [3.8, 4) is 12.1 Å². The Morgan fingerprint density at radius 1 is 1.00 bits per heavy atom. The zero-order chi connectivity index (χ0) is 16.7. The molecular weight excluding hydrogens is 284 g/mol. The number of hydrogen-bond acceptors (Lipinski definition) is 4. The van der Waals surface area contributed by atoms with E-state index in [1.54, 1.807) is 6.07 Å². The van der Waals surface area contributed by atoms with Gasteiger partial charge in [0, 0.05) is 12.7 Å². The minimum atomic E-state index is 0.0763. The summed E-state index contributed by atoms with van der Waals surface area (Å²) in [6, 6.07) is 14.3. The second kappa shape index (κ2) is 5.34. The molecule has 1 atom stereocenters. The van der Waals surface area contributed by atoms with Gasteiger partial charge in [0.25, 0.3) is 0 Å². The molecule has 0 fully saturated rings. The predicted molar refractivity (Wildman–Crippen MR) is 91.8 cm³/mol. The van der Waals surface area contributed by atoms with Crippen molar-refractivity contribution in [3.05, 3.63) is 52.6 Å². The molecule has 1 aliphatic heterocycles. The Hall–Kier alpha value is -2.98. The van der Waals surface area contributed by atoms with Gasteiger partial charge in [0.05, 0.1) is 28.6 Å². The number of anilines is 3. The lowest BCUT2D eigenvalue weighted by atomic mass is 10.1. The van der Waals surface area contributed by atoms with Crippen LogP contribution < -0.4 is 9.80 Å². The van der Waals surface area contributed by atoms with Crippen LogP contribution in [0.15, 0.2) is 30.3 Å². The zero-order valence-electron chi connectivity index (χ0n) is 13.8. The topological polar surface area (TPSA) is 54.1 Å². The number of rotatable bonds is 1. The summed E-state index contributed by atoms with van der Waals surface area (Å²) in [5, 5.41) is 18.8. The van der Waals surface area contributed by atoms with Crippen molar-refractivity contribution in [3.63, 3.8) is 0 Å². The minimum Gasteiger partial charge on any atom is -0.352 e. The maximum atomic E-state index is 9.57. The van der Waals surface area contributed by atoms with Gasteiger partial charge in [-0.15, -0.1) is 0 Å². The first-order valence-electron chi connectivity index (χ1n) is 7.55. The van der Waals surface area contributed by atoms with Crippen LogP contribution in [0.2, 0.25) is 0 Å². The molecule has 0 N–H and O–H groups in total. The van der Waals surface area contributed by atoms with Gasteiger partial charge in [-0.05, 0) is 44.5 Å². The molecule has 2 aromatic carbocycles. The molecule has 0 saturated carbocycles. The summed E-state index contributed by atoms with van der Waals surface area (Å²) in [5.74, 6) is 0. The van der Waals surface area contributed by atoms with Crippen LogP contribution in [-0.4, -0.2) is 13.2 Å². The fraction of sp³-hybridized carbons (Fsp3) is 0.263. The number of nitriles is 2. The fourth-order valence-corrected chi connectivity index (χ4v) is 3.25. The molecule has 0 saturated heterocycles.